The second kappa shape index (κ2) is 5.36. The van der Waals surface area contributed by atoms with E-state index in [9.17, 15) is 14.0 Å². The SMILES string of the molecule is O=COc1ccc(C2CC(=O)N2c2ccc(F)cc2)cc1. The van der Waals surface area contributed by atoms with Crippen LogP contribution in [0.15, 0.2) is 48.5 Å². The summed E-state index contributed by atoms with van der Waals surface area (Å²) in [6, 6.07) is 12.7. The monoisotopic (exact) mass is 285 g/mol. The van der Waals surface area contributed by atoms with Crippen LogP contribution in [0.2, 0.25) is 0 Å². The second-order valence-electron chi connectivity index (χ2n) is 4.74. The van der Waals surface area contributed by atoms with E-state index in [1.165, 1.54) is 12.1 Å². The first-order chi connectivity index (χ1) is 10.2. The molecule has 0 saturated carbocycles. The molecule has 1 heterocycles. The summed E-state index contributed by atoms with van der Waals surface area (Å²) in [5.74, 6) is 0.117. The first-order valence-electron chi connectivity index (χ1n) is 6.47. The fourth-order valence-corrected chi connectivity index (χ4v) is 2.43. The number of β-lactam (4-membered cyclic amide) rings is 1. The van der Waals surface area contributed by atoms with Gasteiger partial charge in [-0.15, -0.1) is 0 Å². The maximum Gasteiger partial charge on any atom is 0.298 e. The van der Waals surface area contributed by atoms with Crippen LogP contribution >= 0.6 is 0 Å². The minimum atomic E-state index is -0.335. The molecular formula is C16H12FNO3. The van der Waals surface area contributed by atoms with Crippen LogP contribution in [0, 0.1) is 5.82 Å². The normalized spacial score (nSPS) is 17.3. The molecule has 0 N–H and O–H groups in total. The highest BCUT2D eigenvalue weighted by Gasteiger charge is 2.38. The molecule has 1 saturated heterocycles. The topological polar surface area (TPSA) is 46.6 Å². The van der Waals surface area contributed by atoms with Crippen molar-refractivity contribution < 1.29 is 18.7 Å². The van der Waals surface area contributed by atoms with Gasteiger partial charge in [0.1, 0.15) is 11.6 Å². The van der Waals surface area contributed by atoms with Crippen LogP contribution in [0.3, 0.4) is 0 Å². The van der Waals surface area contributed by atoms with E-state index in [-0.39, 0.29) is 17.8 Å². The molecule has 2 aromatic carbocycles. The minimum absolute atomic E-state index is 0.000161. The van der Waals surface area contributed by atoms with Crippen LogP contribution in [-0.2, 0) is 9.59 Å². The average molecular weight is 285 g/mol. The van der Waals surface area contributed by atoms with Gasteiger partial charge in [-0.25, -0.2) is 4.39 Å². The lowest BCUT2D eigenvalue weighted by atomic mass is 9.93. The zero-order valence-electron chi connectivity index (χ0n) is 11.0. The lowest BCUT2D eigenvalue weighted by Crippen LogP contribution is -2.46. The zero-order chi connectivity index (χ0) is 14.8. The Labute approximate surface area is 120 Å². The molecule has 2 aromatic rings. The highest BCUT2D eigenvalue weighted by atomic mass is 19.1. The van der Waals surface area contributed by atoms with E-state index in [2.05, 4.69) is 0 Å². The zero-order valence-corrected chi connectivity index (χ0v) is 11.0. The number of carbonyl (C=O) groups is 2. The first-order valence-corrected chi connectivity index (χ1v) is 6.47. The van der Waals surface area contributed by atoms with E-state index >= 15 is 0 Å². The third kappa shape index (κ3) is 2.50. The Kier molecular flexibility index (Phi) is 3.39. The van der Waals surface area contributed by atoms with Crippen molar-refractivity contribution in [1.29, 1.82) is 0 Å². The van der Waals surface area contributed by atoms with E-state index in [1.54, 1.807) is 29.2 Å². The molecule has 1 aliphatic rings. The summed E-state index contributed by atoms with van der Waals surface area (Å²) in [5, 5.41) is 0. The lowest BCUT2D eigenvalue weighted by molar-refractivity contribution is -0.124. The van der Waals surface area contributed by atoms with Gasteiger partial charge in [-0.2, -0.15) is 0 Å². The van der Waals surface area contributed by atoms with E-state index < -0.39 is 0 Å². The third-order valence-electron chi connectivity index (χ3n) is 3.50. The summed E-state index contributed by atoms with van der Waals surface area (Å²) in [5.41, 5.74) is 1.61. The lowest BCUT2D eigenvalue weighted by Gasteiger charge is -2.40. The van der Waals surface area contributed by atoms with Crippen molar-refractivity contribution in [2.45, 2.75) is 12.5 Å². The second-order valence-corrected chi connectivity index (χ2v) is 4.74. The van der Waals surface area contributed by atoms with Crippen molar-refractivity contribution >= 4 is 18.1 Å². The van der Waals surface area contributed by atoms with Crippen molar-refractivity contribution in [3.63, 3.8) is 0 Å². The quantitative estimate of drug-likeness (QED) is 0.641. The van der Waals surface area contributed by atoms with Crippen molar-refractivity contribution in [3.8, 4) is 5.75 Å². The van der Waals surface area contributed by atoms with E-state index in [0.717, 1.165) is 5.56 Å². The number of halogens is 1. The molecule has 1 unspecified atom stereocenters. The number of hydrogen-bond donors (Lipinski definition) is 0. The summed E-state index contributed by atoms with van der Waals surface area (Å²) in [6.45, 7) is 0.368. The van der Waals surface area contributed by atoms with Gasteiger partial charge < -0.3 is 9.64 Å². The summed E-state index contributed by atoms with van der Waals surface area (Å²) < 4.78 is 17.7. The predicted molar refractivity (Wildman–Crippen MR) is 74.4 cm³/mol. The highest BCUT2D eigenvalue weighted by molar-refractivity contribution is 6.01. The predicted octanol–water partition coefficient (Wildman–Crippen LogP) is 2.84. The van der Waals surface area contributed by atoms with Gasteiger partial charge in [0, 0.05) is 5.69 Å². The molecule has 1 amide bonds. The highest BCUT2D eigenvalue weighted by Crippen LogP contribution is 2.39. The maximum absolute atomic E-state index is 13.0. The van der Waals surface area contributed by atoms with E-state index in [4.69, 9.17) is 4.74 Å². The molecule has 4 nitrogen and oxygen atoms in total. The van der Waals surface area contributed by atoms with E-state index in [0.29, 0.717) is 24.3 Å². The standard InChI is InChI=1S/C16H12FNO3/c17-12-3-5-13(6-4-12)18-15(9-16(18)20)11-1-7-14(8-2-11)21-10-19/h1-8,10,15H,9H2. The molecule has 1 fully saturated rings. The van der Waals surface area contributed by atoms with Crippen molar-refractivity contribution in [3.05, 3.63) is 59.9 Å². The van der Waals surface area contributed by atoms with Gasteiger partial charge in [0.2, 0.25) is 5.91 Å². The molecule has 0 aliphatic carbocycles. The first kappa shape index (κ1) is 13.3. The van der Waals surface area contributed by atoms with Crippen LogP contribution in [0.4, 0.5) is 10.1 Å². The van der Waals surface area contributed by atoms with Gasteiger partial charge in [0.25, 0.3) is 6.47 Å². The van der Waals surface area contributed by atoms with Crippen molar-refractivity contribution in [1.82, 2.24) is 0 Å². The minimum Gasteiger partial charge on any atom is -0.429 e. The Balaban J connectivity index is 1.83. The Hall–Kier alpha value is -2.69. The fraction of sp³-hybridized carbons (Fsp3) is 0.125. The van der Waals surface area contributed by atoms with Gasteiger partial charge >= 0.3 is 0 Å². The van der Waals surface area contributed by atoms with Gasteiger partial charge in [-0.1, -0.05) is 12.1 Å². The average Bonchev–Trinajstić information content (AvgIpc) is 2.48. The number of rotatable bonds is 4. The van der Waals surface area contributed by atoms with Crippen LogP contribution in [0.5, 0.6) is 5.75 Å². The number of anilines is 1. The van der Waals surface area contributed by atoms with Crippen LogP contribution in [0.25, 0.3) is 0 Å². The number of ether oxygens (including phenoxy) is 1. The number of amides is 1. The molecule has 1 atom stereocenters. The van der Waals surface area contributed by atoms with Crippen LogP contribution in [0.1, 0.15) is 18.0 Å². The van der Waals surface area contributed by atoms with Gasteiger partial charge in [0.05, 0.1) is 12.5 Å². The fourth-order valence-electron chi connectivity index (χ4n) is 2.43. The number of hydrogen-bond acceptors (Lipinski definition) is 3. The van der Waals surface area contributed by atoms with E-state index in [1.807, 2.05) is 12.1 Å². The summed E-state index contributed by atoms with van der Waals surface area (Å²) in [4.78, 5) is 23.7. The number of carbonyl (C=O) groups excluding carboxylic acids is 2. The van der Waals surface area contributed by atoms with Crippen molar-refractivity contribution in [2.24, 2.45) is 0 Å². The molecule has 0 bridgehead atoms. The third-order valence-corrected chi connectivity index (χ3v) is 3.50. The molecule has 1 aliphatic heterocycles. The molecule has 5 heteroatoms. The molecule has 3 rings (SSSR count). The number of benzene rings is 2. The summed E-state index contributed by atoms with van der Waals surface area (Å²) >= 11 is 0. The number of nitrogens with zero attached hydrogens (tertiary/aromatic N) is 1. The van der Waals surface area contributed by atoms with Crippen LogP contribution in [-0.4, -0.2) is 12.4 Å². The van der Waals surface area contributed by atoms with Gasteiger partial charge in [0.15, 0.2) is 0 Å². The molecule has 106 valence electrons. The smallest absolute Gasteiger partial charge is 0.298 e. The maximum atomic E-state index is 13.0. The summed E-state index contributed by atoms with van der Waals surface area (Å²) in [6.07, 6.45) is 0.408. The Morgan fingerprint density at radius 3 is 2.33 bits per heavy atom. The Morgan fingerprint density at radius 1 is 1.10 bits per heavy atom. The van der Waals surface area contributed by atoms with Crippen molar-refractivity contribution in [2.75, 3.05) is 4.90 Å². The molecule has 21 heavy (non-hydrogen) atoms. The Morgan fingerprint density at radius 2 is 1.76 bits per heavy atom. The molecule has 0 aromatic heterocycles. The summed E-state index contributed by atoms with van der Waals surface area (Å²) in [7, 11) is 0. The van der Waals surface area contributed by atoms with Gasteiger partial charge in [-0.05, 0) is 42.0 Å². The molecular weight excluding hydrogens is 273 g/mol. The van der Waals surface area contributed by atoms with Crippen LogP contribution < -0.4 is 9.64 Å². The van der Waals surface area contributed by atoms with Gasteiger partial charge in [-0.3, -0.25) is 9.59 Å². The molecule has 0 spiro atoms. The molecule has 0 radical (unpaired) electrons. The largest absolute Gasteiger partial charge is 0.429 e. The Bertz CT molecular complexity index is 667.